The van der Waals surface area contributed by atoms with Gasteiger partial charge in [0.2, 0.25) is 0 Å². The van der Waals surface area contributed by atoms with Crippen molar-refractivity contribution in [3.8, 4) is 0 Å². The molecule has 1 unspecified atom stereocenters. The van der Waals surface area contributed by atoms with E-state index in [2.05, 4.69) is 0 Å². The summed E-state index contributed by atoms with van der Waals surface area (Å²) in [5.41, 5.74) is 0.965. The molecular formula is C10H10O7S2. The number of hydrogen-bond donors (Lipinski definition) is 3. The standard InChI is InChI=1S/C10H8O4S.H2O3S/c11-9-6-5-7-3-1-2-4-8(7)10(9)15(12,13)14;1-4(2)3/h1-6,10H,(H,12,13,14);(H2,1,2,3). The van der Waals surface area contributed by atoms with Crippen molar-refractivity contribution in [1.29, 1.82) is 0 Å². The number of ketones is 1. The number of carbonyl (C=O) groups is 1. The Balaban J connectivity index is 0.000000399. The van der Waals surface area contributed by atoms with Crippen LogP contribution >= 0.6 is 0 Å². The summed E-state index contributed by atoms with van der Waals surface area (Å²) in [6.07, 6.45) is 2.71. The summed E-state index contributed by atoms with van der Waals surface area (Å²) in [6, 6.07) is 6.58. The predicted octanol–water partition coefficient (Wildman–Crippen LogP) is 0.893. The van der Waals surface area contributed by atoms with Crippen LogP contribution in [0.5, 0.6) is 0 Å². The lowest BCUT2D eigenvalue weighted by Crippen LogP contribution is -2.23. The lowest BCUT2D eigenvalue weighted by atomic mass is 9.96. The van der Waals surface area contributed by atoms with E-state index in [0.717, 1.165) is 0 Å². The summed E-state index contributed by atoms with van der Waals surface area (Å²) >= 11 is -2.61. The van der Waals surface area contributed by atoms with Gasteiger partial charge in [-0.2, -0.15) is 12.6 Å². The molecule has 0 heterocycles. The maximum absolute atomic E-state index is 11.4. The van der Waals surface area contributed by atoms with Crippen LogP contribution in [-0.2, 0) is 26.3 Å². The average Bonchev–Trinajstić information content (AvgIpc) is 2.26. The minimum absolute atomic E-state index is 0.326. The van der Waals surface area contributed by atoms with Crippen molar-refractivity contribution in [2.45, 2.75) is 5.25 Å². The van der Waals surface area contributed by atoms with E-state index >= 15 is 0 Å². The lowest BCUT2D eigenvalue weighted by Gasteiger charge is -2.17. The molecule has 1 atom stereocenters. The van der Waals surface area contributed by atoms with Crippen LogP contribution in [0.3, 0.4) is 0 Å². The van der Waals surface area contributed by atoms with Crippen LogP contribution in [0.25, 0.3) is 6.08 Å². The summed E-state index contributed by atoms with van der Waals surface area (Å²) in [5.74, 6) is -0.615. The molecule has 19 heavy (non-hydrogen) atoms. The maximum atomic E-state index is 11.4. The van der Waals surface area contributed by atoms with Gasteiger partial charge in [0.1, 0.15) is 0 Å². The first-order valence-electron chi connectivity index (χ1n) is 4.80. The molecule has 1 aromatic rings. The largest absolute Gasteiger partial charge is 0.299 e. The molecular weight excluding hydrogens is 296 g/mol. The van der Waals surface area contributed by atoms with Crippen molar-refractivity contribution >= 4 is 33.3 Å². The summed E-state index contributed by atoms with van der Waals surface area (Å²) in [6.45, 7) is 0. The quantitative estimate of drug-likeness (QED) is 0.519. The third kappa shape index (κ3) is 4.33. The van der Waals surface area contributed by atoms with Crippen molar-refractivity contribution < 1.29 is 31.1 Å². The summed E-state index contributed by atoms with van der Waals surface area (Å²) < 4.78 is 53.9. The topological polar surface area (TPSA) is 129 Å². The van der Waals surface area contributed by atoms with Crippen LogP contribution in [0.2, 0.25) is 0 Å². The molecule has 0 fully saturated rings. The van der Waals surface area contributed by atoms with Gasteiger partial charge in [-0.25, -0.2) is 0 Å². The molecule has 1 aliphatic carbocycles. The van der Waals surface area contributed by atoms with Gasteiger partial charge in [-0.05, 0) is 17.2 Å². The first-order chi connectivity index (χ1) is 8.73. The zero-order chi connectivity index (χ0) is 14.6. The van der Waals surface area contributed by atoms with Gasteiger partial charge in [-0.3, -0.25) is 18.5 Å². The number of benzene rings is 1. The van der Waals surface area contributed by atoms with E-state index in [1.807, 2.05) is 0 Å². The Hall–Kier alpha value is -1.39. The van der Waals surface area contributed by atoms with Gasteiger partial charge in [0.25, 0.3) is 21.5 Å². The van der Waals surface area contributed by atoms with E-state index in [1.165, 1.54) is 12.1 Å². The molecule has 0 amide bonds. The van der Waals surface area contributed by atoms with Gasteiger partial charge >= 0.3 is 0 Å². The van der Waals surface area contributed by atoms with Crippen LogP contribution in [0.1, 0.15) is 16.4 Å². The molecule has 0 radical (unpaired) electrons. The second-order valence-electron chi connectivity index (χ2n) is 3.49. The van der Waals surface area contributed by atoms with Gasteiger partial charge in [-0.15, -0.1) is 0 Å². The normalized spacial score (nSPS) is 17.7. The molecule has 0 saturated carbocycles. The first kappa shape index (κ1) is 15.7. The predicted molar refractivity (Wildman–Crippen MR) is 68.2 cm³/mol. The van der Waals surface area contributed by atoms with Crippen molar-refractivity contribution in [1.82, 2.24) is 0 Å². The summed E-state index contributed by atoms with van der Waals surface area (Å²) in [7, 11) is -4.39. The smallest absolute Gasteiger partial charge is 0.293 e. The Morgan fingerprint density at radius 3 is 2.16 bits per heavy atom. The summed E-state index contributed by atoms with van der Waals surface area (Å²) in [4.78, 5) is 11.4. The highest BCUT2D eigenvalue weighted by atomic mass is 32.2. The second-order valence-corrected chi connectivity index (χ2v) is 5.45. The molecule has 3 N–H and O–H groups in total. The molecule has 1 aliphatic rings. The fourth-order valence-electron chi connectivity index (χ4n) is 1.62. The van der Waals surface area contributed by atoms with Crippen molar-refractivity contribution in [2.75, 3.05) is 0 Å². The zero-order valence-electron chi connectivity index (χ0n) is 9.33. The molecule has 0 saturated heterocycles. The number of fused-ring (bicyclic) bond motifs is 1. The van der Waals surface area contributed by atoms with Crippen LogP contribution < -0.4 is 0 Å². The van der Waals surface area contributed by atoms with E-state index in [0.29, 0.717) is 11.1 Å². The molecule has 2 rings (SSSR count). The highest BCUT2D eigenvalue weighted by Crippen LogP contribution is 2.30. The fourth-order valence-corrected chi connectivity index (χ4v) is 2.53. The van der Waals surface area contributed by atoms with Gasteiger partial charge in [0, 0.05) is 0 Å². The van der Waals surface area contributed by atoms with Gasteiger partial charge < -0.3 is 0 Å². The Kier molecular flexibility index (Phi) is 5.09. The van der Waals surface area contributed by atoms with Crippen molar-refractivity contribution in [3.63, 3.8) is 0 Å². The molecule has 7 nitrogen and oxygen atoms in total. The molecule has 1 aromatic carbocycles. The van der Waals surface area contributed by atoms with Gasteiger partial charge in [0.05, 0.1) is 0 Å². The number of carbonyl (C=O) groups excluding carboxylic acids is 1. The Labute approximate surface area is 111 Å². The molecule has 9 heteroatoms. The van der Waals surface area contributed by atoms with E-state index in [9.17, 15) is 13.2 Å². The third-order valence-corrected chi connectivity index (χ3v) is 3.34. The molecule has 104 valence electrons. The van der Waals surface area contributed by atoms with E-state index in [4.69, 9.17) is 17.9 Å². The molecule has 0 aliphatic heterocycles. The van der Waals surface area contributed by atoms with Gasteiger partial charge in [0.15, 0.2) is 11.0 Å². The number of allylic oxidation sites excluding steroid dienone is 1. The van der Waals surface area contributed by atoms with E-state index in [1.54, 1.807) is 24.3 Å². The molecule has 0 bridgehead atoms. The Morgan fingerprint density at radius 1 is 1.11 bits per heavy atom. The van der Waals surface area contributed by atoms with E-state index < -0.39 is 32.5 Å². The zero-order valence-corrected chi connectivity index (χ0v) is 11.0. The Morgan fingerprint density at radius 2 is 1.63 bits per heavy atom. The monoisotopic (exact) mass is 306 g/mol. The van der Waals surface area contributed by atoms with E-state index in [-0.39, 0.29) is 0 Å². The number of rotatable bonds is 1. The fraction of sp³-hybridized carbons (Fsp3) is 0.100. The maximum Gasteiger partial charge on any atom is 0.299 e. The second kappa shape index (κ2) is 6.17. The lowest BCUT2D eigenvalue weighted by molar-refractivity contribution is -0.114. The van der Waals surface area contributed by atoms with Crippen LogP contribution in [0.15, 0.2) is 30.3 Å². The van der Waals surface area contributed by atoms with Crippen LogP contribution in [0, 0.1) is 0 Å². The van der Waals surface area contributed by atoms with Crippen LogP contribution in [0.4, 0.5) is 0 Å². The average molecular weight is 306 g/mol. The first-order valence-corrected chi connectivity index (χ1v) is 7.37. The third-order valence-electron chi connectivity index (χ3n) is 2.26. The highest BCUT2D eigenvalue weighted by molar-refractivity contribution is 7.86. The highest BCUT2D eigenvalue weighted by Gasteiger charge is 2.34. The van der Waals surface area contributed by atoms with Gasteiger partial charge in [-0.1, -0.05) is 30.3 Å². The molecule has 0 aromatic heterocycles. The van der Waals surface area contributed by atoms with Crippen LogP contribution in [-0.4, -0.2) is 32.1 Å². The minimum atomic E-state index is -4.39. The SMILES string of the molecule is O=C1C=Cc2ccccc2C1S(=O)(=O)O.O=S(O)O. The van der Waals surface area contributed by atoms with Crippen molar-refractivity contribution in [2.24, 2.45) is 0 Å². The van der Waals surface area contributed by atoms with Crippen molar-refractivity contribution in [3.05, 3.63) is 41.5 Å². The Bertz CT molecular complexity index is 629. The minimum Gasteiger partial charge on any atom is -0.293 e. The number of hydrogen-bond acceptors (Lipinski definition) is 4. The molecule has 0 spiro atoms. The summed E-state index contributed by atoms with van der Waals surface area (Å²) in [5, 5.41) is -1.47.